The molecule has 0 aromatic heterocycles. The van der Waals surface area contributed by atoms with E-state index in [1.165, 1.54) is 10.5 Å². The van der Waals surface area contributed by atoms with Crippen LogP contribution >= 0.6 is 11.8 Å². The van der Waals surface area contributed by atoms with E-state index < -0.39 is 0 Å². The minimum absolute atomic E-state index is 0.208. The maximum absolute atomic E-state index is 5.73. The lowest BCUT2D eigenvalue weighted by atomic mass is 9.86. The summed E-state index contributed by atoms with van der Waals surface area (Å²) in [5.41, 5.74) is 7.32. The number of hydrogen-bond acceptors (Lipinski definition) is 2. The summed E-state index contributed by atoms with van der Waals surface area (Å²) >= 11 is 1.88. The molecule has 15 heavy (non-hydrogen) atoms. The van der Waals surface area contributed by atoms with Gasteiger partial charge in [-0.25, -0.2) is 0 Å². The predicted molar refractivity (Wildman–Crippen MR) is 69.4 cm³/mol. The molecule has 2 N–H and O–H groups in total. The molecule has 0 atom stereocenters. The normalized spacial score (nSPS) is 11.7. The van der Waals surface area contributed by atoms with E-state index in [4.69, 9.17) is 5.73 Å². The standard InChI is InChI=1S/C13H21NS/c1-4-15-12-7-5-11(6-8-12)9-13(2,3)10-14/h5-8H,4,9-10,14H2,1-3H3. The first kappa shape index (κ1) is 12.6. The SMILES string of the molecule is CCSc1ccc(CC(C)(C)CN)cc1. The minimum Gasteiger partial charge on any atom is -0.330 e. The Bertz CT molecular complexity index is 290. The highest BCUT2D eigenvalue weighted by atomic mass is 32.2. The van der Waals surface area contributed by atoms with Crippen molar-refractivity contribution in [1.29, 1.82) is 0 Å². The molecule has 0 saturated carbocycles. The van der Waals surface area contributed by atoms with Crippen LogP contribution in [0.15, 0.2) is 29.2 Å². The van der Waals surface area contributed by atoms with Gasteiger partial charge in [-0.1, -0.05) is 32.9 Å². The molecule has 0 aliphatic carbocycles. The Morgan fingerprint density at radius 1 is 1.20 bits per heavy atom. The van der Waals surface area contributed by atoms with Crippen molar-refractivity contribution in [3.63, 3.8) is 0 Å². The molecule has 0 fully saturated rings. The largest absolute Gasteiger partial charge is 0.330 e. The van der Waals surface area contributed by atoms with Gasteiger partial charge in [-0.2, -0.15) is 0 Å². The second-order valence-corrected chi connectivity index (χ2v) is 5.96. The first-order valence-electron chi connectivity index (χ1n) is 5.49. The molecule has 1 nitrogen and oxygen atoms in total. The lowest BCUT2D eigenvalue weighted by molar-refractivity contribution is 0.377. The quantitative estimate of drug-likeness (QED) is 0.775. The molecule has 0 amide bonds. The zero-order valence-electron chi connectivity index (χ0n) is 9.92. The fraction of sp³-hybridized carbons (Fsp3) is 0.538. The lowest BCUT2D eigenvalue weighted by Gasteiger charge is -2.22. The Hall–Kier alpha value is -0.470. The summed E-state index contributed by atoms with van der Waals surface area (Å²) in [7, 11) is 0. The third-order valence-electron chi connectivity index (χ3n) is 2.47. The smallest absolute Gasteiger partial charge is 0.00720 e. The first-order valence-corrected chi connectivity index (χ1v) is 6.48. The molecule has 0 aliphatic rings. The van der Waals surface area contributed by atoms with E-state index >= 15 is 0 Å². The predicted octanol–water partition coefficient (Wildman–Crippen LogP) is 3.33. The summed E-state index contributed by atoms with van der Waals surface area (Å²) in [4.78, 5) is 1.35. The third-order valence-corrected chi connectivity index (χ3v) is 3.36. The average molecular weight is 223 g/mol. The molecule has 2 heteroatoms. The Balaban J connectivity index is 2.64. The summed E-state index contributed by atoms with van der Waals surface area (Å²) in [6, 6.07) is 8.84. The van der Waals surface area contributed by atoms with E-state index in [0.717, 1.165) is 18.7 Å². The molecule has 0 radical (unpaired) electrons. The Morgan fingerprint density at radius 2 is 1.80 bits per heavy atom. The number of nitrogens with two attached hydrogens (primary N) is 1. The van der Waals surface area contributed by atoms with Crippen molar-refractivity contribution in [3.05, 3.63) is 29.8 Å². The molecule has 1 aromatic rings. The fourth-order valence-corrected chi connectivity index (χ4v) is 2.16. The fourth-order valence-electron chi connectivity index (χ4n) is 1.49. The van der Waals surface area contributed by atoms with Crippen LogP contribution in [0.2, 0.25) is 0 Å². The zero-order chi connectivity index (χ0) is 11.3. The van der Waals surface area contributed by atoms with Gasteiger partial charge in [-0.3, -0.25) is 0 Å². The van der Waals surface area contributed by atoms with Crippen LogP contribution in [0.1, 0.15) is 26.3 Å². The van der Waals surface area contributed by atoms with Gasteiger partial charge >= 0.3 is 0 Å². The molecule has 0 aliphatic heterocycles. The van der Waals surface area contributed by atoms with E-state index in [9.17, 15) is 0 Å². The van der Waals surface area contributed by atoms with Crippen molar-refractivity contribution in [2.75, 3.05) is 12.3 Å². The van der Waals surface area contributed by atoms with Gasteiger partial charge in [0.2, 0.25) is 0 Å². The van der Waals surface area contributed by atoms with Gasteiger partial charge in [0.1, 0.15) is 0 Å². The van der Waals surface area contributed by atoms with Crippen LogP contribution in [0, 0.1) is 5.41 Å². The van der Waals surface area contributed by atoms with E-state index in [2.05, 4.69) is 45.0 Å². The monoisotopic (exact) mass is 223 g/mol. The van der Waals surface area contributed by atoms with E-state index in [1.54, 1.807) is 0 Å². The van der Waals surface area contributed by atoms with Crippen LogP contribution in [0.4, 0.5) is 0 Å². The highest BCUT2D eigenvalue weighted by Gasteiger charge is 2.15. The van der Waals surface area contributed by atoms with Gasteiger partial charge in [0, 0.05) is 4.90 Å². The topological polar surface area (TPSA) is 26.0 Å². The molecular formula is C13H21NS. The minimum atomic E-state index is 0.208. The van der Waals surface area contributed by atoms with Gasteiger partial charge in [0.15, 0.2) is 0 Å². The number of thioether (sulfide) groups is 1. The second kappa shape index (κ2) is 5.57. The summed E-state index contributed by atoms with van der Waals surface area (Å²) < 4.78 is 0. The van der Waals surface area contributed by atoms with Crippen LogP contribution in [0.5, 0.6) is 0 Å². The van der Waals surface area contributed by atoms with Gasteiger partial charge in [-0.15, -0.1) is 11.8 Å². The number of hydrogen-bond donors (Lipinski definition) is 1. The molecule has 0 bridgehead atoms. The second-order valence-electron chi connectivity index (χ2n) is 4.62. The summed E-state index contributed by atoms with van der Waals surface area (Å²) in [6.45, 7) is 7.33. The number of rotatable bonds is 5. The maximum Gasteiger partial charge on any atom is 0.00720 e. The molecule has 1 aromatic carbocycles. The Kier molecular flexibility index (Phi) is 4.68. The van der Waals surface area contributed by atoms with Crippen LogP contribution < -0.4 is 5.73 Å². The third kappa shape index (κ3) is 4.27. The Morgan fingerprint density at radius 3 is 2.27 bits per heavy atom. The molecule has 0 unspecified atom stereocenters. The molecule has 0 spiro atoms. The van der Waals surface area contributed by atoms with Crippen molar-refractivity contribution in [2.45, 2.75) is 32.1 Å². The molecule has 0 saturated heterocycles. The maximum atomic E-state index is 5.73. The highest BCUT2D eigenvalue weighted by Crippen LogP contribution is 2.23. The van der Waals surface area contributed by atoms with Crippen molar-refractivity contribution in [2.24, 2.45) is 11.1 Å². The van der Waals surface area contributed by atoms with Crippen molar-refractivity contribution in [3.8, 4) is 0 Å². The van der Waals surface area contributed by atoms with Gasteiger partial charge in [0.05, 0.1) is 0 Å². The van der Waals surface area contributed by atoms with Crippen LogP contribution in [0.25, 0.3) is 0 Å². The molecular weight excluding hydrogens is 202 g/mol. The van der Waals surface area contributed by atoms with Crippen LogP contribution in [-0.4, -0.2) is 12.3 Å². The van der Waals surface area contributed by atoms with E-state index in [1.807, 2.05) is 11.8 Å². The summed E-state index contributed by atoms with van der Waals surface area (Å²) in [5, 5.41) is 0. The first-order chi connectivity index (χ1) is 7.07. The number of benzene rings is 1. The Labute approximate surface area is 97.4 Å². The van der Waals surface area contributed by atoms with Gasteiger partial charge < -0.3 is 5.73 Å². The van der Waals surface area contributed by atoms with E-state index in [0.29, 0.717) is 0 Å². The van der Waals surface area contributed by atoms with E-state index in [-0.39, 0.29) is 5.41 Å². The molecule has 84 valence electrons. The van der Waals surface area contributed by atoms with Crippen molar-refractivity contribution < 1.29 is 0 Å². The van der Waals surface area contributed by atoms with Gasteiger partial charge in [0.25, 0.3) is 0 Å². The van der Waals surface area contributed by atoms with Crippen molar-refractivity contribution in [1.82, 2.24) is 0 Å². The zero-order valence-corrected chi connectivity index (χ0v) is 10.7. The average Bonchev–Trinajstić information content (AvgIpc) is 2.21. The highest BCUT2D eigenvalue weighted by molar-refractivity contribution is 7.99. The molecule has 1 rings (SSSR count). The summed E-state index contributed by atoms with van der Waals surface area (Å²) in [6.07, 6.45) is 1.06. The summed E-state index contributed by atoms with van der Waals surface area (Å²) in [5.74, 6) is 1.13. The van der Waals surface area contributed by atoms with Crippen LogP contribution in [-0.2, 0) is 6.42 Å². The van der Waals surface area contributed by atoms with Gasteiger partial charge in [-0.05, 0) is 41.8 Å². The van der Waals surface area contributed by atoms with Crippen molar-refractivity contribution >= 4 is 11.8 Å². The lowest BCUT2D eigenvalue weighted by Crippen LogP contribution is -2.25. The van der Waals surface area contributed by atoms with Crippen LogP contribution in [0.3, 0.4) is 0 Å². The molecule has 0 heterocycles.